The quantitative estimate of drug-likeness (QED) is 0.228. The van der Waals surface area contributed by atoms with E-state index in [1.807, 2.05) is 0 Å². The maximum atomic E-state index is 11.5. The number of aliphatic carboxylic acids is 2. The summed E-state index contributed by atoms with van der Waals surface area (Å²) >= 11 is 0. The molecule has 0 bridgehead atoms. The van der Waals surface area contributed by atoms with Crippen molar-refractivity contribution in [3.05, 3.63) is 0 Å². The van der Waals surface area contributed by atoms with Gasteiger partial charge in [-0.1, -0.05) is 0 Å². The fourth-order valence-corrected chi connectivity index (χ4v) is 3.17. The van der Waals surface area contributed by atoms with Gasteiger partial charge in [0.1, 0.15) is 36.6 Å². The van der Waals surface area contributed by atoms with Crippen LogP contribution in [0.4, 0.5) is 0 Å². The van der Waals surface area contributed by atoms with Gasteiger partial charge in [0.05, 0.1) is 0 Å². The van der Waals surface area contributed by atoms with Gasteiger partial charge < -0.3 is 54.3 Å². The summed E-state index contributed by atoms with van der Waals surface area (Å²) in [6.45, 7) is 3.19. The molecule has 2 aliphatic heterocycles. The first kappa shape index (κ1) is 23.9. The number of aliphatic hydroxyl groups excluding tert-OH is 4. The van der Waals surface area contributed by atoms with E-state index in [9.17, 15) is 40.2 Å². The molecule has 0 aromatic heterocycles. The zero-order valence-corrected chi connectivity index (χ0v) is 15.7. The normalized spacial score (nSPS) is 43.1. The summed E-state index contributed by atoms with van der Waals surface area (Å²) in [5.41, 5.74) is 0. The summed E-state index contributed by atoms with van der Waals surface area (Å²) in [7, 11) is 0. The van der Waals surface area contributed by atoms with Crippen LogP contribution in [-0.4, -0.2) is 117 Å². The Labute approximate surface area is 165 Å². The van der Waals surface area contributed by atoms with Crippen LogP contribution in [0.25, 0.3) is 0 Å². The third-order valence-electron chi connectivity index (χ3n) is 4.56. The summed E-state index contributed by atoms with van der Waals surface area (Å²) in [5, 5.41) is 59.6. The molecule has 13 nitrogen and oxygen atoms in total. The van der Waals surface area contributed by atoms with E-state index in [1.54, 1.807) is 13.8 Å². The molecule has 0 aromatic carbocycles. The topological polar surface area (TPSA) is 202 Å². The van der Waals surface area contributed by atoms with Gasteiger partial charge in [0.25, 0.3) is 0 Å². The zero-order valence-electron chi connectivity index (χ0n) is 15.7. The van der Waals surface area contributed by atoms with E-state index in [-0.39, 0.29) is 13.2 Å². The molecule has 0 saturated carbocycles. The van der Waals surface area contributed by atoms with Crippen molar-refractivity contribution in [2.24, 2.45) is 0 Å². The summed E-state index contributed by atoms with van der Waals surface area (Å²) < 4.78 is 25.7. The Morgan fingerprint density at radius 3 is 1.69 bits per heavy atom. The van der Waals surface area contributed by atoms with E-state index in [0.717, 1.165) is 0 Å². The largest absolute Gasteiger partial charge is 0.479 e. The van der Waals surface area contributed by atoms with E-state index in [4.69, 9.17) is 23.7 Å². The molecule has 168 valence electrons. The van der Waals surface area contributed by atoms with Crippen molar-refractivity contribution in [1.82, 2.24) is 0 Å². The molecule has 13 heteroatoms. The number of carboxylic acid groups (broad SMARTS) is 2. The van der Waals surface area contributed by atoms with Gasteiger partial charge in [0.2, 0.25) is 0 Å². The predicted octanol–water partition coefficient (Wildman–Crippen LogP) is -3.12. The second-order valence-corrected chi connectivity index (χ2v) is 6.46. The molecular weight excluding hydrogens is 400 g/mol. The fraction of sp³-hybridized carbons (Fsp3) is 0.875. The van der Waals surface area contributed by atoms with Crippen molar-refractivity contribution in [3.8, 4) is 0 Å². The van der Waals surface area contributed by atoms with E-state index in [1.165, 1.54) is 0 Å². The van der Waals surface area contributed by atoms with E-state index in [0.29, 0.717) is 0 Å². The Kier molecular flexibility index (Phi) is 8.28. The Balaban J connectivity index is 2.23. The Hall–Kier alpha value is -1.42. The second-order valence-electron chi connectivity index (χ2n) is 6.46. The molecule has 0 aliphatic carbocycles. The molecule has 0 radical (unpaired) electrons. The zero-order chi connectivity index (χ0) is 21.9. The smallest absolute Gasteiger partial charge is 0.335 e. The minimum Gasteiger partial charge on any atom is -0.479 e. The number of hydrogen-bond acceptors (Lipinski definition) is 11. The number of aliphatic hydroxyl groups is 4. The molecule has 10 atom stereocenters. The Bertz CT molecular complexity index is 571. The molecule has 0 spiro atoms. The lowest BCUT2D eigenvalue weighted by Crippen LogP contribution is -2.66. The van der Waals surface area contributed by atoms with Crippen molar-refractivity contribution in [1.29, 1.82) is 0 Å². The van der Waals surface area contributed by atoms with Crippen LogP contribution >= 0.6 is 0 Å². The van der Waals surface area contributed by atoms with Gasteiger partial charge in [-0.2, -0.15) is 0 Å². The fourth-order valence-electron chi connectivity index (χ4n) is 3.17. The molecule has 2 saturated heterocycles. The number of carboxylic acids is 2. The summed E-state index contributed by atoms with van der Waals surface area (Å²) in [4.78, 5) is 23.0. The predicted molar refractivity (Wildman–Crippen MR) is 88.5 cm³/mol. The van der Waals surface area contributed by atoms with Crippen molar-refractivity contribution < 1.29 is 63.9 Å². The van der Waals surface area contributed by atoms with Gasteiger partial charge in [-0.05, 0) is 13.8 Å². The highest BCUT2D eigenvalue weighted by molar-refractivity contribution is 5.74. The highest BCUT2D eigenvalue weighted by Gasteiger charge is 2.54. The Morgan fingerprint density at radius 1 is 0.724 bits per heavy atom. The molecule has 2 aliphatic rings. The van der Waals surface area contributed by atoms with Gasteiger partial charge in [-0.15, -0.1) is 0 Å². The van der Waals surface area contributed by atoms with E-state index >= 15 is 0 Å². The number of hydrogen-bond donors (Lipinski definition) is 6. The maximum absolute atomic E-state index is 11.5. The lowest BCUT2D eigenvalue weighted by Gasteiger charge is -2.45. The molecule has 6 N–H and O–H groups in total. The third kappa shape index (κ3) is 5.02. The minimum atomic E-state index is -1.86. The SMILES string of the molecule is CCO[C@@H]1OC(C(=O)O)[C@@H](O[C@@H]2OC(C(=O)O)[C@@H](OCC)[C@H](O)C2O)[C@H](O)C1O. The first-order valence-electron chi connectivity index (χ1n) is 9.01. The van der Waals surface area contributed by atoms with Crippen LogP contribution in [-0.2, 0) is 33.3 Å². The molecule has 2 fully saturated rings. The average molecular weight is 426 g/mol. The molecule has 2 rings (SSSR count). The highest BCUT2D eigenvalue weighted by Crippen LogP contribution is 2.30. The first-order chi connectivity index (χ1) is 13.6. The van der Waals surface area contributed by atoms with Gasteiger partial charge in [-0.25, -0.2) is 9.59 Å². The molecule has 4 unspecified atom stereocenters. The van der Waals surface area contributed by atoms with Crippen LogP contribution in [0.2, 0.25) is 0 Å². The van der Waals surface area contributed by atoms with Crippen LogP contribution in [0.1, 0.15) is 13.8 Å². The van der Waals surface area contributed by atoms with Crippen LogP contribution in [0.5, 0.6) is 0 Å². The highest BCUT2D eigenvalue weighted by atomic mass is 16.7. The third-order valence-corrected chi connectivity index (χ3v) is 4.56. The maximum Gasteiger partial charge on any atom is 0.335 e. The number of carbonyl (C=O) groups is 2. The number of rotatable bonds is 8. The minimum absolute atomic E-state index is 0.0222. The van der Waals surface area contributed by atoms with Crippen molar-refractivity contribution in [3.63, 3.8) is 0 Å². The molecule has 29 heavy (non-hydrogen) atoms. The lowest BCUT2D eigenvalue weighted by molar-refractivity contribution is -0.352. The van der Waals surface area contributed by atoms with E-state index in [2.05, 4.69) is 0 Å². The molecule has 0 aromatic rings. The number of ether oxygens (including phenoxy) is 5. The van der Waals surface area contributed by atoms with Crippen molar-refractivity contribution >= 4 is 11.9 Å². The van der Waals surface area contributed by atoms with Crippen LogP contribution in [0, 0.1) is 0 Å². The first-order valence-corrected chi connectivity index (χ1v) is 9.01. The molecule has 0 amide bonds. The van der Waals surface area contributed by atoms with Crippen LogP contribution in [0.15, 0.2) is 0 Å². The van der Waals surface area contributed by atoms with Crippen LogP contribution < -0.4 is 0 Å². The summed E-state index contributed by atoms with van der Waals surface area (Å²) in [5.74, 6) is -3.09. The molecular formula is C16H26O13. The second kappa shape index (κ2) is 10.1. The van der Waals surface area contributed by atoms with Gasteiger partial charge in [-0.3, -0.25) is 0 Å². The van der Waals surface area contributed by atoms with E-state index < -0.39 is 73.4 Å². The summed E-state index contributed by atoms with van der Waals surface area (Å²) in [6.07, 6.45) is -17.2. The average Bonchev–Trinajstić information content (AvgIpc) is 2.66. The monoisotopic (exact) mass is 426 g/mol. The van der Waals surface area contributed by atoms with Gasteiger partial charge in [0, 0.05) is 13.2 Å². The van der Waals surface area contributed by atoms with Gasteiger partial charge in [0.15, 0.2) is 24.8 Å². The Morgan fingerprint density at radius 2 is 1.17 bits per heavy atom. The van der Waals surface area contributed by atoms with Crippen molar-refractivity contribution in [2.75, 3.05) is 13.2 Å². The van der Waals surface area contributed by atoms with Crippen LogP contribution in [0.3, 0.4) is 0 Å². The molecule has 2 heterocycles. The van der Waals surface area contributed by atoms with Crippen molar-refractivity contribution in [2.45, 2.75) is 75.3 Å². The summed E-state index contributed by atoms with van der Waals surface area (Å²) in [6, 6.07) is 0. The van der Waals surface area contributed by atoms with Gasteiger partial charge >= 0.3 is 11.9 Å². The standard InChI is InChI=1S/C16H26O13/c1-3-25-9-5(17)8(20)16(29-11(9)13(21)22)27-10-6(18)7(19)15(26-4-2)28-12(10)14(23)24/h5-12,15-20H,3-4H2,1-2H3,(H,21,22)(H,23,24)/t5-,6-,7?,8?,9+,10+,11?,12?,15-,16-/m1/s1. The lowest BCUT2D eigenvalue weighted by atomic mass is 9.96.